The minimum Gasteiger partial charge on any atom is -0.854 e. The van der Waals surface area contributed by atoms with Crippen molar-refractivity contribution in [1.82, 2.24) is 0 Å². The fourth-order valence-electron chi connectivity index (χ4n) is 1.26. The van der Waals surface area contributed by atoms with Crippen molar-refractivity contribution in [3.05, 3.63) is 60.7 Å². The van der Waals surface area contributed by atoms with Crippen molar-refractivity contribution in [2.75, 3.05) is 0 Å². The van der Waals surface area contributed by atoms with E-state index in [4.69, 9.17) is 14.7 Å². The first kappa shape index (κ1) is 12.8. The molecule has 2 aromatic carbocycles. The van der Waals surface area contributed by atoms with Crippen LogP contribution in [-0.2, 0) is 0 Å². The van der Waals surface area contributed by atoms with Crippen molar-refractivity contribution in [2.45, 2.75) is 0 Å². The molecule has 0 atom stereocenters. The van der Waals surface area contributed by atoms with Crippen LogP contribution in [0.4, 0.5) is 0 Å². The lowest BCUT2D eigenvalue weighted by atomic mass is 10.1. The molecule has 0 radical (unpaired) electrons. The molecule has 0 bridgehead atoms. The SMILES string of the molecule is [O-]P([O-])[O-].c1ccc(-c2ccccc2)cc1. The van der Waals surface area contributed by atoms with E-state index in [-0.39, 0.29) is 0 Å². The minimum absolute atomic E-state index is 1.28. The summed E-state index contributed by atoms with van der Waals surface area (Å²) in [5.74, 6) is 0. The fourth-order valence-corrected chi connectivity index (χ4v) is 1.26. The van der Waals surface area contributed by atoms with Crippen molar-refractivity contribution < 1.29 is 14.7 Å². The average Bonchev–Trinajstić information content (AvgIpc) is 2.31. The highest BCUT2D eigenvalue weighted by molar-refractivity contribution is 7.33. The van der Waals surface area contributed by atoms with Gasteiger partial charge < -0.3 is 23.3 Å². The van der Waals surface area contributed by atoms with E-state index in [1.54, 1.807) is 0 Å². The van der Waals surface area contributed by atoms with Gasteiger partial charge in [-0.15, -0.1) is 0 Å². The van der Waals surface area contributed by atoms with Crippen LogP contribution in [0.2, 0.25) is 0 Å². The first-order valence-electron chi connectivity index (χ1n) is 4.62. The zero-order valence-corrected chi connectivity index (χ0v) is 9.34. The van der Waals surface area contributed by atoms with Gasteiger partial charge in [0, 0.05) is 0 Å². The summed E-state index contributed by atoms with van der Waals surface area (Å²) < 4.78 is 0. The Bertz CT molecular complexity index is 349. The summed E-state index contributed by atoms with van der Waals surface area (Å²) in [6, 6.07) is 20.8. The van der Waals surface area contributed by atoms with Crippen molar-refractivity contribution in [3.8, 4) is 11.1 Å². The highest BCUT2D eigenvalue weighted by atomic mass is 31.2. The standard InChI is InChI=1S/C12H10.O3P/c1-3-7-11(8-4-1)12-9-5-2-6-10-12;1-4(2)3/h1-10H;/q;-3. The quantitative estimate of drug-likeness (QED) is 0.679. The molecule has 84 valence electrons. The predicted molar refractivity (Wildman–Crippen MR) is 58.8 cm³/mol. The molecule has 0 aliphatic carbocycles. The molecule has 0 aliphatic heterocycles. The number of benzene rings is 2. The maximum Gasteiger partial charge on any atom is -0.0184 e. The molecule has 0 aromatic heterocycles. The average molecular weight is 233 g/mol. The molecule has 0 amide bonds. The Balaban J connectivity index is 0.000000280. The van der Waals surface area contributed by atoms with Crippen LogP contribution in [0.25, 0.3) is 11.1 Å². The first-order chi connectivity index (χ1) is 7.70. The summed E-state index contributed by atoms with van der Waals surface area (Å²) in [6.07, 6.45) is 0. The van der Waals surface area contributed by atoms with E-state index < -0.39 is 8.60 Å². The van der Waals surface area contributed by atoms with E-state index in [9.17, 15) is 0 Å². The van der Waals surface area contributed by atoms with E-state index in [0.29, 0.717) is 0 Å². The van der Waals surface area contributed by atoms with Crippen molar-refractivity contribution >= 4 is 8.60 Å². The van der Waals surface area contributed by atoms with Gasteiger partial charge in [0.15, 0.2) is 0 Å². The zero-order chi connectivity index (χ0) is 11.8. The van der Waals surface area contributed by atoms with Gasteiger partial charge in [-0.1, -0.05) is 60.7 Å². The van der Waals surface area contributed by atoms with E-state index in [2.05, 4.69) is 48.5 Å². The van der Waals surface area contributed by atoms with Gasteiger partial charge in [-0.25, -0.2) is 0 Å². The number of hydrogen-bond donors (Lipinski definition) is 0. The Hall–Kier alpha value is -1.25. The van der Waals surface area contributed by atoms with Crippen LogP contribution in [-0.4, -0.2) is 0 Å². The van der Waals surface area contributed by atoms with Gasteiger partial charge in [0.05, 0.1) is 0 Å². The molecule has 0 fully saturated rings. The lowest BCUT2D eigenvalue weighted by Gasteiger charge is -2.39. The van der Waals surface area contributed by atoms with Crippen LogP contribution < -0.4 is 14.7 Å². The molecule has 2 aromatic rings. The first-order valence-corrected chi connectivity index (χ1v) is 5.71. The Morgan fingerprint density at radius 2 is 0.812 bits per heavy atom. The van der Waals surface area contributed by atoms with Crippen LogP contribution in [0.15, 0.2) is 60.7 Å². The van der Waals surface area contributed by atoms with E-state index in [1.165, 1.54) is 11.1 Å². The van der Waals surface area contributed by atoms with Gasteiger partial charge in [0.2, 0.25) is 0 Å². The van der Waals surface area contributed by atoms with Crippen LogP contribution >= 0.6 is 8.60 Å². The molecule has 0 aliphatic rings. The second-order valence-corrected chi connectivity index (χ2v) is 3.40. The van der Waals surface area contributed by atoms with Crippen LogP contribution in [0.5, 0.6) is 0 Å². The Morgan fingerprint density at radius 3 is 1.06 bits per heavy atom. The molecule has 3 nitrogen and oxygen atoms in total. The molecule has 4 heteroatoms. The number of rotatable bonds is 1. The van der Waals surface area contributed by atoms with Gasteiger partial charge in [-0.2, -0.15) is 0 Å². The highest BCUT2D eigenvalue weighted by Gasteiger charge is 1.91. The topological polar surface area (TPSA) is 69.2 Å². The van der Waals surface area contributed by atoms with Gasteiger partial charge >= 0.3 is 0 Å². The van der Waals surface area contributed by atoms with Crippen molar-refractivity contribution in [2.24, 2.45) is 0 Å². The Morgan fingerprint density at radius 1 is 0.562 bits per heavy atom. The molecule has 0 unspecified atom stereocenters. The maximum atomic E-state index is 8.48. The molecular formula is C12H10O3P-3. The van der Waals surface area contributed by atoms with Gasteiger partial charge in [-0.3, -0.25) is 0 Å². The molecule has 0 saturated heterocycles. The largest absolute Gasteiger partial charge is 0.854 e. The molecule has 16 heavy (non-hydrogen) atoms. The lowest BCUT2D eigenvalue weighted by molar-refractivity contribution is -0.407. The molecule has 0 N–H and O–H groups in total. The Kier molecular flexibility index (Phi) is 5.68. The second-order valence-electron chi connectivity index (χ2n) is 2.96. The molecule has 0 spiro atoms. The molecular weight excluding hydrogens is 223 g/mol. The summed E-state index contributed by atoms with van der Waals surface area (Å²) in [5, 5.41) is 0. The summed E-state index contributed by atoms with van der Waals surface area (Å²) in [4.78, 5) is 25.4. The van der Waals surface area contributed by atoms with E-state index in [0.717, 1.165) is 0 Å². The zero-order valence-electron chi connectivity index (χ0n) is 8.45. The summed E-state index contributed by atoms with van der Waals surface area (Å²) >= 11 is 0. The second kappa shape index (κ2) is 7.09. The summed E-state index contributed by atoms with van der Waals surface area (Å²) in [6.45, 7) is 0. The Labute approximate surface area is 95.6 Å². The normalized spacial score (nSPS) is 9.50. The molecule has 0 saturated carbocycles. The maximum absolute atomic E-state index is 8.48. The van der Waals surface area contributed by atoms with Crippen LogP contribution in [0.3, 0.4) is 0 Å². The number of hydrogen-bond acceptors (Lipinski definition) is 3. The third kappa shape index (κ3) is 5.01. The van der Waals surface area contributed by atoms with Gasteiger partial charge in [0.1, 0.15) is 0 Å². The molecule has 0 heterocycles. The van der Waals surface area contributed by atoms with E-state index in [1.807, 2.05) is 12.1 Å². The summed E-state index contributed by atoms with van der Waals surface area (Å²) in [7, 11) is -3.37. The monoisotopic (exact) mass is 233 g/mol. The highest BCUT2D eigenvalue weighted by Crippen LogP contribution is 2.17. The van der Waals surface area contributed by atoms with Crippen molar-refractivity contribution in [3.63, 3.8) is 0 Å². The van der Waals surface area contributed by atoms with E-state index >= 15 is 0 Å². The predicted octanol–water partition coefficient (Wildman–Crippen LogP) is 0.648. The van der Waals surface area contributed by atoms with Gasteiger partial charge in [-0.05, 0) is 11.1 Å². The lowest BCUT2D eigenvalue weighted by Crippen LogP contribution is -2.18. The minimum atomic E-state index is -3.37. The smallest absolute Gasteiger partial charge is 0.0184 e. The van der Waals surface area contributed by atoms with Crippen LogP contribution in [0, 0.1) is 0 Å². The fraction of sp³-hybridized carbons (Fsp3) is 0. The summed E-state index contributed by atoms with van der Waals surface area (Å²) in [5.41, 5.74) is 2.55. The van der Waals surface area contributed by atoms with Crippen LogP contribution in [0.1, 0.15) is 0 Å². The van der Waals surface area contributed by atoms with Gasteiger partial charge in [0.25, 0.3) is 0 Å². The molecule has 2 rings (SSSR count). The third-order valence-corrected chi connectivity index (χ3v) is 1.88. The third-order valence-electron chi connectivity index (χ3n) is 1.88. The van der Waals surface area contributed by atoms with Crippen molar-refractivity contribution in [1.29, 1.82) is 0 Å².